The van der Waals surface area contributed by atoms with E-state index in [1.165, 1.54) is 18.9 Å². The van der Waals surface area contributed by atoms with Crippen molar-refractivity contribution in [2.45, 2.75) is 25.6 Å². The van der Waals surface area contributed by atoms with Gasteiger partial charge in [0, 0.05) is 26.3 Å². The van der Waals surface area contributed by atoms with Crippen LogP contribution in [0, 0.1) is 5.92 Å². The first-order valence-corrected chi connectivity index (χ1v) is 6.46. The maximum Gasteiger partial charge on any atom is 0.416 e. The number of hydrogen-bond donors (Lipinski definition) is 1. The number of anilines is 1. The molecule has 0 heterocycles. The topological polar surface area (TPSA) is 15.3 Å². The second-order valence-corrected chi connectivity index (χ2v) is 5.31. The number of hydrogen-bond acceptors (Lipinski definition) is 2. The smallest absolute Gasteiger partial charge is 0.377 e. The Morgan fingerprint density at radius 3 is 2.47 bits per heavy atom. The highest BCUT2D eigenvalue weighted by Gasteiger charge is 2.31. The van der Waals surface area contributed by atoms with E-state index in [1.54, 1.807) is 25.1 Å². The highest BCUT2D eigenvalue weighted by Crippen LogP contribution is 2.33. The molecule has 1 N–H and O–H groups in total. The van der Waals surface area contributed by atoms with E-state index in [1.807, 2.05) is 0 Å². The van der Waals surface area contributed by atoms with Gasteiger partial charge in [-0.1, -0.05) is 6.07 Å². The van der Waals surface area contributed by atoms with Crippen LogP contribution in [-0.4, -0.2) is 20.6 Å². The lowest BCUT2D eigenvalue weighted by molar-refractivity contribution is -0.137. The third kappa shape index (κ3) is 3.86. The van der Waals surface area contributed by atoms with Gasteiger partial charge in [0.15, 0.2) is 0 Å². The molecule has 1 aliphatic carbocycles. The van der Waals surface area contributed by atoms with Crippen LogP contribution in [0.25, 0.3) is 0 Å². The normalized spacial score (nSPS) is 15.6. The molecule has 0 aromatic heterocycles. The fraction of sp³-hybridized carbons (Fsp3) is 0.571. The molecule has 106 valence electrons. The summed E-state index contributed by atoms with van der Waals surface area (Å²) in [4.78, 5) is 1.73. The number of alkyl halides is 3. The molecule has 1 fully saturated rings. The predicted octanol–water partition coefficient (Wildman–Crippen LogP) is 3.27. The minimum Gasteiger partial charge on any atom is -0.377 e. The highest BCUT2D eigenvalue weighted by molar-refractivity contribution is 5.55. The van der Waals surface area contributed by atoms with Gasteiger partial charge in [-0.15, -0.1) is 0 Å². The zero-order chi connectivity index (χ0) is 14.0. The van der Waals surface area contributed by atoms with Crippen LogP contribution < -0.4 is 10.2 Å². The molecular formula is C14H19F3N2. The minimum atomic E-state index is -4.29. The summed E-state index contributed by atoms with van der Waals surface area (Å²) in [7, 11) is 3.53. The molecular weight excluding hydrogens is 253 g/mol. The van der Waals surface area contributed by atoms with Crippen LogP contribution in [0.5, 0.6) is 0 Å². The molecule has 19 heavy (non-hydrogen) atoms. The molecule has 1 aliphatic rings. The van der Waals surface area contributed by atoms with Crippen molar-refractivity contribution in [3.63, 3.8) is 0 Å². The largest absolute Gasteiger partial charge is 0.416 e. The number of halogens is 3. The van der Waals surface area contributed by atoms with E-state index in [0.717, 1.165) is 24.1 Å². The van der Waals surface area contributed by atoms with Gasteiger partial charge in [-0.05, 0) is 43.0 Å². The van der Waals surface area contributed by atoms with Crippen LogP contribution >= 0.6 is 0 Å². The molecule has 1 saturated carbocycles. The Morgan fingerprint density at radius 1 is 1.26 bits per heavy atom. The fourth-order valence-electron chi connectivity index (χ4n) is 2.04. The quantitative estimate of drug-likeness (QED) is 0.885. The Labute approximate surface area is 111 Å². The Bertz CT molecular complexity index is 437. The third-order valence-electron chi connectivity index (χ3n) is 3.34. The van der Waals surface area contributed by atoms with Crippen molar-refractivity contribution in [2.24, 2.45) is 5.92 Å². The standard InChI is InChI=1S/C14H19F3N2/c1-19(2)13-7-12(14(15,16)17)6-5-11(13)9-18-8-10-3-4-10/h5-7,10,18H,3-4,8-9H2,1-2H3. The fourth-order valence-corrected chi connectivity index (χ4v) is 2.04. The molecule has 0 radical (unpaired) electrons. The van der Waals surface area contributed by atoms with Gasteiger partial charge in [0.2, 0.25) is 0 Å². The van der Waals surface area contributed by atoms with Crippen molar-refractivity contribution >= 4 is 5.69 Å². The SMILES string of the molecule is CN(C)c1cc(C(F)(F)F)ccc1CNCC1CC1. The summed E-state index contributed by atoms with van der Waals surface area (Å²) in [5.41, 5.74) is 0.930. The minimum absolute atomic E-state index is 0.595. The monoisotopic (exact) mass is 272 g/mol. The zero-order valence-electron chi connectivity index (χ0n) is 11.2. The van der Waals surface area contributed by atoms with Crippen molar-refractivity contribution in [3.05, 3.63) is 29.3 Å². The third-order valence-corrected chi connectivity index (χ3v) is 3.34. The molecule has 0 unspecified atom stereocenters. The van der Waals surface area contributed by atoms with Crippen molar-refractivity contribution in [2.75, 3.05) is 25.5 Å². The molecule has 1 aromatic rings. The van der Waals surface area contributed by atoms with Gasteiger partial charge in [-0.2, -0.15) is 13.2 Å². The van der Waals surface area contributed by atoms with E-state index >= 15 is 0 Å². The molecule has 0 saturated heterocycles. The summed E-state index contributed by atoms with van der Waals surface area (Å²) in [5, 5.41) is 3.31. The number of rotatable bonds is 5. The first-order chi connectivity index (χ1) is 8.88. The highest BCUT2D eigenvalue weighted by atomic mass is 19.4. The van der Waals surface area contributed by atoms with Crippen molar-refractivity contribution in [1.29, 1.82) is 0 Å². The van der Waals surface area contributed by atoms with Crippen LogP contribution in [0.4, 0.5) is 18.9 Å². The number of nitrogens with one attached hydrogen (secondary N) is 1. The molecule has 2 rings (SSSR count). The van der Waals surface area contributed by atoms with E-state index in [9.17, 15) is 13.2 Å². The van der Waals surface area contributed by atoms with Crippen LogP contribution in [0.3, 0.4) is 0 Å². The molecule has 0 atom stereocenters. The lowest BCUT2D eigenvalue weighted by atomic mass is 10.1. The number of nitrogens with zero attached hydrogens (tertiary/aromatic N) is 1. The van der Waals surface area contributed by atoms with E-state index in [0.29, 0.717) is 12.2 Å². The Hall–Kier alpha value is -1.23. The van der Waals surface area contributed by atoms with Crippen LogP contribution in [0.15, 0.2) is 18.2 Å². The first-order valence-electron chi connectivity index (χ1n) is 6.46. The van der Waals surface area contributed by atoms with Gasteiger partial charge in [-0.25, -0.2) is 0 Å². The Balaban J connectivity index is 2.12. The van der Waals surface area contributed by atoms with Crippen molar-refractivity contribution in [3.8, 4) is 0 Å². The average Bonchev–Trinajstić information content (AvgIpc) is 3.11. The van der Waals surface area contributed by atoms with Gasteiger partial charge in [0.05, 0.1) is 5.56 Å². The molecule has 0 aliphatic heterocycles. The molecule has 1 aromatic carbocycles. The second-order valence-electron chi connectivity index (χ2n) is 5.31. The maximum absolute atomic E-state index is 12.7. The van der Waals surface area contributed by atoms with E-state index in [2.05, 4.69) is 5.32 Å². The van der Waals surface area contributed by atoms with Crippen LogP contribution in [-0.2, 0) is 12.7 Å². The van der Waals surface area contributed by atoms with E-state index in [4.69, 9.17) is 0 Å². The van der Waals surface area contributed by atoms with Crippen LogP contribution in [0.2, 0.25) is 0 Å². The predicted molar refractivity (Wildman–Crippen MR) is 70.2 cm³/mol. The van der Waals surface area contributed by atoms with Gasteiger partial charge in [0.1, 0.15) is 0 Å². The van der Waals surface area contributed by atoms with Crippen molar-refractivity contribution < 1.29 is 13.2 Å². The van der Waals surface area contributed by atoms with Gasteiger partial charge < -0.3 is 10.2 Å². The second kappa shape index (κ2) is 5.41. The Morgan fingerprint density at radius 2 is 1.95 bits per heavy atom. The first kappa shape index (κ1) is 14.2. The summed E-state index contributed by atoms with van der Waals surface area (Å²) in [6.45, 7) is 1.57. The molecule has 0 amide bonds. The zero-order valence-corrected chi connectivity index (χ0v) is 11.2. The molecule has 2 nitrogen and oxygen atoms in total. The average molecular weight is 272 g/mol. The van der Waals surface area contributed by atoms with E-state index in [-0.39, 0.29) is 0 Å². The number of benzene rings is 1. The Kier molecular flexibility index (Phi) is 4.04. The molecule has 0 bridgehead atoms. The summed E-state index contributed by atoms with van der Waals surface area (Å²) >= 11 is 0. The summed E-state index contributed by atoms with van der Waals surface area (Å²) < 4.78 is 38.1. The molecule has 5 heteroatoms. The van der Waals surface area contributed by atoms with Gasteiger partial charge >= 0.3 is 6.18 Å². The van der Waals surface area contributed by atoms with Crippen LogP contribution in [0.1, 0.15) is 24.0 Å². The van der Waals surface area contributed by atoms with Gasteiger partial charge in [0.25, 0.3) is 0 Å². The van der Waals surface area contributed by atoms with Crippen molar-refractivity contribution in [1.82, 2.24) is 5.32 Å². The lowest BCUT2D eigenvalue weighted by Crippen LogP contribution is -2.20. The maximum atomic E-state index is 12.7. The van der Waals surface area contributed by atoms with Gasteiger partial charge in [-0.3, -0.25) is 0 Å². The summed E-state index contributed by atoms with van der Waals surface area (Å²) in [6.07, 6.45) is -1.76. The summed E-state index contributed by atoms with van der Waals surface area (Å²) in [6, 6.07) is 3.94. The molecule has 0 spiro atoms. The lowest BCUT2D eigenvalue weighted by Gasteiger charge is -2.20. The van der Waals surface area contributed by atoms with E-state index < -0.39 is 11.7 Å². The summed E-state index contributed by atoms with van der Waals surface area (Å²) in [5.74, 6) is 0.761.